The molecule has 0 saturated carbocycles. The van der Waals surface area contributed by atoms with E-state index >= 15 is 0 Å². The SMILES string of the molecule is CP(C)(=O)C1CC=CC=C1Nc1nc(Cl)ncc1N. The van der Waals surface area contributed by atoms with E-state index in [2.05, 4.69) is 15.3 Å². The minimum absolute atomic E-state index is 0.0503. The molecule has 102 valence electrons. The number of nitrogens with two attached hydrogens (primary N) is 1. The van der Waals surface area contributed by atoms with Crippen molar-refractivity contribution in [2.45, 2.75) is 12.1 Å². The van der Waals surface area contributed by atoms with Crippen LogP contribution in [-0.4, -0.2) is 29.0 Å². The fourth-order valence-electron chi connectivity index (χ4n) is 1.94. The van der Waals surface area contributed by atoms with Crippen LogP contribution < -0.4 is 11.1 Å². The minimum atomic E-state index is -2.26. The van der Waals surface area contributed by atoms with Gasteiger partial charge in [0, 0.05) is 5.70 Å². The lowest BCUT2D eigenvalue weighted by atomic mass is 10.1. The average molecular weight is 299 g/mol. The van der Waals surface area contributed by atoms with Gasteiger partial charge in [-0.1, -0.05) is 12.2 Å². The smallest absolute Gasteiger partial charge is 0.224 e. The van der Waals surface area contributed by atoms with Gasteiger partial charge in [0.25, 0.3) is 0 Å². The van der Waals surface area contributed by atoms with Crippen molar-refractivity contribution in [1.29, 1.82) is 0 Å². The number of halogens is 1. The zero-order valence-electron chi connectivity index (χ0n) is 10.8. The lowest BCUT2D eigenvalue weighted by Crippen LogP contribution is -2.20. The van der Waals surface area contributed by atoms with Crippen LogP contribution in [0.5, 0.6) is 0 Å². The lowest BCUT2D eigenvalue weighted by molar-refractivity contribution is 0.575. The molecular weight excluding hydrogens is 283 g/mol. The lowest BCUT2D eigenvalue weighted by Gasteiger charge is -2.26. The number of hydrogen-bond donors (Lipinski definition) is 2. The third-order valence-corrected chi connectivity index (χ3v) is 5.10. The van der Waals surface area contributed by atoms with Crippen LogP contribution in [0.4, 0.5) is 11.5 Å². The van der Waals surface area contributed by atoms with Crippen molar-refractivity contribution in [3.05, 3.63) is 35.4 Å². The van der Waals surface area contributed by atoms with E-state index in [1.807, 2.05) is 18.2 Å². The van der Waals surface area contributed by atoms with Gasteiger partial charge in [0.1, 0.15) is 0 Å². The fraction of sp³-hybridized carbons (Fsp3) is 0.333. The topological polar surface area (TPSA) is 80.9 Å². The molecule has 0 saturated heterocycles. The van der Waals surface area contributed by atoms with E-state index in [0.717, 1.165) is 12.1 Å². The molecule has 0 fully saturated rings. The highest BCUT2D eigenvalue weighted by molar-refractivity contribution is 7.63. The van der Waals surface area contributed by atoms with Gasteiger partial charge in [-0.15, -0.1) is 0 Å². The van der Waals surface area contributed by atoms with Crippen molar-refractivity contribution in [1.82, 2.24) is 9.97 Å². The summed E-state index contributed by atoms with van der Waals surface area (Å²) in [6.45, 7) is 3.56. The maximum atomic E-state index is 12.3. The first-order valence-corrected chi connectivity index (χ1v) is 8.89. The van der Waals surface area contributed by atoms with Gasteiger partial charge in [0.15, 0.2) is 5.82 Å². The average Bonchev–Trinajstić information content (AvgIpc) is 2.33. The molecule has 0 aromatic carbocycles. The number of nitrogens with zero attached hydrogens (tertiary/aromatic N) is 2. The standard InChI is InChI=1S/C12H16ClN4OP/c1-19(2,18)10-6-4-3-5-9(10)16-11-8(14)7-15-12(13)17-11/h3-5,7,10H,6,14H2,1-2H3,(H,15,16,17). The zero-order valence-corrected chi connectivity index (χ0v) is 12.4. The minimum Gasteiger partial charge on any atom is -0.394 e. The van der Waals surface area contributed by atoms with Crippen LogP contribution in [-0.2, 0) is 4.57 Å². The van der Waals surface area contributed by atoms with E-state index in [4.69, 9.17) is 17.3 Å². The second-order valence-corrected chi connectivity index (χ2v) is 8.63. The van der Waals surface area contributed by atoms with Gasteiger partial charge in [-0.2, -0.15) is 4.98 Å². The molecule has 1 heterocycles. The summed E-state index contributed by atoms with van der Waals surface area (Å²) in [5.41, 5.74) is 7.00. The summed E-state index contributed by atoms with van der Waals surface area (Å²) in [7, 11) is -2.26. The van der Waals surface area contributed by atoms with Crippen molar-refractivity contribution in [3.8, 4) is 0 Å². The molecule has 1 aliphatic carbocycles. The molecule has 0 spiro atoms. The molecule has 0 amide bonds. The van der Waals surface area contributed by atoms with Crippen molar-refractivity contribution >= 4 is 30.2 Å². The molecule has 1 aromatic heterocycles. The first-order chi connectivity index (χ1) is 8.88. The second-order valence-electron chi connectivity index (χ2n) is 4.80. The third-order valence-electron chi connectivity index (χ3n) is 2.93. The molecule has 7 heteroatoms. The summed E-state index contributed by atoms with van der Waals surface area (Å²) in [6.07, 6.45) is 8.01. The van der Waals surface area contributed by atoms with Gasteiger partial charge in [0.05, 0.1) is 24.7 Å². The molecule has 0 radical (unpaired) electrons. The maximum Gasteiger partial charge on any atom is 0.224 e. The predicted octanol–water partition coefficient (Wildman–Crippen LogP) is 2.96. The highest BCUT2D eigenvalue weighted by Crippen LogP contribution is 2.48. The van der Waals surface area contributed by atoms with E-state index in [1.54, 1.807) is 13.3 Å². The van der Waals surface area contributed by atoms with Crippen molar-refractivity contribution in [2.75, 3.05) is 24.4 Å². The van der Waals surface area contributed by atoms with E-state index in [0.29, 0.717) is 11.5 Å². The number of allylic oxidation sites excluding steroid dienone is 4. The molecule has 5 nitrogen and oxygen atoms in total. The van der Waals surface area contributed by atoms with Gasteiger partial charge < -0.3 is 15.6 Å². The first-order valence-electron chi connectivity index (χ1n) is 5.84. The van der Waals surface area contributed by atoms with Crippen LogP contribution in [0.3, 0.4) is 0 Å². The Morgan fingerprint density at radius 3 is 2.95 bits per heavy atom. The molecule has 1 aliphatic rings. The highest BCUT2D eigenvalue weighted by atomic mass is 35.5. The van der Waals surface area contributed by atoms with E-state index < -0.39 is 7.14 Å². The Morgan fingerprint density at radius 2 is 2.26 bits per heavy atom. The first kappa shape index (κ1) is 14.1. The number of nitrogen functional groups attached to an aromatic ring is 1. The molecule has 1 unspecified atom stereocenters. The number of nitrogens with one attached hydrogen (secondary N) is 1. The summed E-state index contributed by atoms with van der Waals surface area (Å²) in [5.74, 6) is 0.444. The predicted molar refractivity (Wildman–Crippen MR) is 80.2 cm³/mol. The van der Waals surface area contributed by atoms with E-state index in [-0.39, 0.29) is 10.9 Å². The molecule has 0 bridgehead atoms. The largest absolute Gasteiger partial charge is 0.394 e. The van der Waals surface area contributed by atoms with E-state index in [1.165, 1.54) is 6.20 Å². The van der Waals surface area contributed by atoms with Gasteiger partial charge in [-0.25, -0.2) is 4.98 Å². The number of aromatic nitrogens is 2. The van der Waals surface area contributed by atoms with Crippen LogP contribution in [0.2, 0.25) is 5.28 Å². The van der Waals surface area contributed by atoms with Crippen LogP contribution in [0.25, 0.3) is 0 Å². The monoisotopic (exact) mass is 298 g/mol. The Hall–Kier alpha value is -1.32. The highest BCUT2D eigenvalue weighted by Gasteiger charge is 2.27. The summed E-state index contributed by atoms with van der Waals surface area (Å²) < 4.78 is 12.3. The molecular formula is C12H16ClN4OP. The van der Waals surface area contributed by atoms with E-state index in [9.17, 15) is 4.57 Å². The van der Waals surface area contributed by atoms with Gasteiger partial charge in [-0.3, -0.25) is 0 Å². The van der Waals surface area contributed by atoms with Crippen molar-refractivity contribution in [3.63, 3.8) is 0 Å². The van der Waals surface area contributed by atoms with Crippen LogP contribution in [0.1, 0.15) is 6.42 Å². The van der Waals surface area contributed by atoms with Gasteiger partial charge >= 0.3 is 0 Å². The number of anilines is 2. The normalized spacial score (nSPS) is 19.1. The Balaban J connectivity index is 2.30. The van der Waals surface area contributed by atoms with Crippen LogP contribution in [0, 0.1) is 0 Å². The quantitative estimate of drug-likeness (QED) is 0.662. The summed E-state index contributed by atoms with van der Waals surface area (Å²) >= 11 is 5.75. The number of hydrogen-bond acceptors (Lipinski definition) is 5. The summed E-state index contributed by atoms with van der Waals surface area (Å²) in [4.78, 5) is 7.85. The molecule has 1 aromatic rings. The Bertz CT molecular complexity index is 593. The summed E-state index contributed by atoms with van der Waals surface area (Å²) in [6, 6.07) is 0. The molecule has 3 N–H and O–H groups in total. The molecule has 2 rings (SSSR count). The van der Waals surface area contributed by atoms with Crippen LogP contribution in [0.15, 0.2) is 30.1 Å². The Morgan fingerprint density at radius 1 is 1.53 bits per heavy atom. The zero-order chi connectivity index (χ0) is 14.0. The van der Waals surface area contributed by atoms with Gasteiger partial charge in [-0.05, 0) is 37.4 Å². The van der Waals surface area contributed by atoms with Gasteiger partial charge in [0.2, 0.25) is 5.28 Å². The van der Waals surface area contributed by atoms with Crippen molar-refractivity contribution in [2.24, 2.45) is 0 Å². The van der Waals surface area contributed by atoms with Crippen molar-refractivity contribution < 1.29 is 4.57 Å². The second kappa shape index (κ2) is 5.35. The Kier molecular flexibility index (Phi) is 3.97. The molecule has 0 aliphatic heterocycles. The Labute approximate surface area is 117 Å². The van der Waals surface area contributed by atoms with Crippen LogP contribution >= 0.6 is 18.7 Å². The molecule has 1 atom stereocenters. The number of rotatable bonds is 3. The molecule has 19 heavy (non-hydrogen) atoms. The maximum absolute atomic E-state index is 12.3. The summed E-state index contributed by atoms with van der Waals surface area (Å²) in [5, 5.41) is 3.25. The fourth-order valence-corrected chi connectivity index (χ4v) is 3.52. The third kappa shape index (κ3) is 3.37.